The lowest BCUT2D eigenvalue weighted by Crippen LogP contribution is -2.27. The lowest BCUT2D eigenvalue weighted by Gasteiger charge is -2.22. The molecule has 0 saturated carbocycles. The average molecular weight is 301 g/mol. The summed E-state index contributed by atoms with van der Waals surface area (Å²) in [6.45, 7) is -0.0703. The van der Waals surface area contributed by atoms with Crippen LogP contribution in [0.25, 0.3) is 10.1 Å². The smallest absolute Gasteiger partial charge is 0.156 e. The van der Waals surface area contributed by atoms with E-state index >= 15 is 0 Å². The Labute approximate surface area is 127 Å². The number of benzene rings is 2. The monoisotopic (exact) mass is 301 g/mol. The van der Waals surface area contributed by atoms with Gasteiger partial charge in [0.1, 0.15) is 5.75 Å². The summed E-state index contributed by atoms with van der Waals surface area (Å²) in [7, 11) is 0. The van der Waals surface area contributed by atoms with Gasteiger partial charge in [-0.25, -0.2) is 4.39 Å². The van der Waals surface area contributed by atoms with Crippen LogP contribution in [0.2, 0.25) is 0 Å². The van der Waals surface area contributed by atoms with E-state index in [1.165, 1.54) is 0 Å². The summed E-state index contributed by atoms with van der Waals surface area (Å²) in [4.78, 5) is 0. The third-order valence-electron chi connectivity index (χ3n) is 3.39. The van der Waals surface area contributed by atoms with Crippen molar-refractivity contribution in [3.8, 4) is 5.75 Å². The fourth-order valence-electron chi connectivity index (χ4n) is 2.32. The maximum atomic E-state index is 14.2. The number of halogens is 1. The fourth-order valence-corrected chi connectivity index (χ4v) is 3.13. The molecular formula is C17H16FNOS. The van der Waals surface area contributed by atoms with Crippen LogP contribution in [0.3, 0.4) is 0 Å². The van der Waals surface area contributed by atoms with Gasteiger partial charge >= 0.3 is 0 Å². The molecule has 1 heterocycles. The summed E-state index contributed by atoms with van der Waals surface area (Å²) in [5, 5.41) is 3.01. The standard InChI is InChI=1S/C17H16FNOS/c18-14(11-19)17(12-5-2-1-3-6-12)20-15-7-4-8-16-13(15)9-10-21-16/h1-10,14,17H,11,19H2. The Bertz CT molecular complexity index is 713. The fraction of sp³-hybridized carbons (Fsp3) is 0.176. The molecule has 2 atom stereocenters. The summed E-state index contributed by atoms with van der Waals surface area (Å²) >= 11 is 1.64. The van der Waals surface area contributed by atoms with Crippen LogP contribution >= 0.6 is 11.3 Å². The van der Waals surface area contributed by atoms with E-state index in [0.717, 1.165) is 15.6 Å². The lowest BCUT2D eigenvalue weighted by molar-refractivity contribution is 0.106. The largest absolute Gasteiger partial charge is 0.482 e. The molecule has 108 valence electrons. The van der Waals surface area contributed by atoms with Crippen molar-refractivity contribution in [1.29, 1.82) is 0 Å². The van der Waals surface area contributed by atoms with Gasteiger partial charge in [-0.05, 0) is 29.1 Å². The Morgan fingerprint density at radius 3 is 2.62 bits per heavy atom. The van der Waals surface area contributed by atoms with E-state index in [1.54, 1.807) is 11.3 Å². The quantitative estimate of drug-likeness (QED) is 0.762. The molecule has 2 nitrogen and oxygen atoms in total. The summed E-state index contributed by atoms with van der Waals surface area (Å²) in [5.41, 5.74) is 6.30. The highest BCUT2D eigenvalue weighted by molar-refractivity contribution is 7.17. The van der Waals surface area contributed by atoms with E-state index in [0.29, 0.717) is 5.75 Å². The number of alkyl halides is 1. The van der Waals surface area contributed by atoms with Gasteiger partial charge in [0, 0.05) is 16.6 Å². The van der Waals surface area contributed by atoms with Crippen molar-refractivity contribution in [2.75, 3.05) is 6.54 Å². The first-order chi connectivity index (χ1) is 10.3. The van der Waals surface area contributed by atoms with Crippen molar-refractivity contribution in [1.82, 2.24) is 0 Å². The van der Waals surface area contributed by atoms with Crippen molar-refractivity contribution < 1.29 is 9.13 Å². The van der Waals surface area contributed by atoms with Gasteiger partial charge in [0.2, 0.25) is 0 Å². The third-order valence-corrected chi connectivity index (χ3v) is 4.27. The van der Waals surface area contributed by atoms with E-state index in [4.69, 9.17) is 10.5 Å². The molecule has 0 saturated heterocycles. The molecule has 2 aromatic carbocycles. The summed E-state index contributed by atoms with van der Waals surface area (Å²) in [6, 6.07) is 17.2. The van der Waals surface area contributed by atoms with Crippen molar-refractivity contribution >= 4 is 21.4 Å². The Kier molecular flexibility index (Phi) is 4.18. The van der Waals surface area contributed by atoms with Crippen LogP contribution in [0.5, 0.6) is 5.75 Å². The molecular weight excluding hydrogens is 285 g/mol. The van der Waals surface area contributed by atoms with E-state index in [1.807, 2.05) is 60.0 Å². The minimum Gasteiger partial charge on any atom is -0.482 e. The van der Waals surface area contributed by atoms with Crippen molar-refractivity contribution in [2.24, 2.45) is 5.73 Å². The number of hydrogen-bond donors (Lipinski definition) is 1. The molecule has 0 bridgehead atoms. The first-order valence-corrected chi connectivity index (χ1v) is 7.69. The van der Waals surface area contributed by atoms with Gasteiger partial charge in [-0.15, -0.1) is 11.3 Å². The molecule has 0 radical (unpaired) electrons. The predicted molar refractivity (Wildman–Crippen MR) is 85.6 cm³/mol. The average Bonchev–Trinajstić information content (AvgIpc) is 3.02. The van der Waals surface area contributed by atoms with Crippen LogP contribution < -0.4 is 10.5 Å². The molecule has 2 unspecified atom stereocenters. The summed E-state index contributed by atoms with van der Waals surface area (Å²) in [6.07, 6.45) is -1.94. The van der Waals surface area contributed by atoms with Gasteiger partial charge in [0.15, 0.2) is 12.3 Å². The molecule has 0 fully saturated rings. The predicted octanol–water partition coefficient (Wildman–Crippen LogP) is 4.32. The van der Waals surface area contributed by atoms with Crippen LogP contribution in [0.4, 0.5) is 4.39 Å². The molecule has 0 amide bonds. The molecule has 3 rings (SSSR count). The minimum absolute atomic E-state index is 0.0703. The van der Waals surface area contributed by atoms with Crippen molar-refractivity contribution in [2.45, 2.75) is 12.3 Å². The first-order valence-electron chi connectivity index (χ1n) is 6.81. The number of ether oxygens (including phenoxy) is 1. The summed E-state index contributed by atoms with van der Waals surface area (Å²) in [5.74, 6) is 0.693. The molecule has 3 aromatic rings. The first kappa shape index (κ1) is 14.0. The molecule has 0 aliphatic rings. The van der Waals surface area contributed by atoms with Crippen LogP contribution in [0.15, 0.2) is 60.0 Å². The van der Waals surface area contributed by atoms with Gasteiger partial charge in [-0.3, -0.25) is 0 Å². The van der Waals surface area contributed by atoms with E-state index in [2.05, 4.69) is 0 Å². The molecule has 0 spiro atoms. The highest BCUT2D eigenvalue weighted by Gasteiger charge is 2.24. The second-order valence-corrected chi connectivity index (χ2v) is 5.74. The zero-order chi connectivity index (χ0) is 14.7. The van der Waals surface area contributed by atoms with Crippen LogP contribution in [-0.4, -0.2) is 12.7 Å². The maximum absolute atomic E-state index is 14.2. The number of fused-ring (bicyclic) bond motifs is 1. The molecule has 21 heavy (non-hydrogen) atoms. The van der Waals surface area contributed by atoms with E-state index in [9.17, 15) is 4.39 Å². The SMILES string of the molecule is NCC(F)C(Oc1cccc2sccc12)c1ccccc1. The topological polar surface area (TPSA) is 35.2 Å². The molecule has 0 aliphatic heterocycles. The molecule has 1 aromatic heterocycles. The highest BCUT2D eigenvalue weighted by Crippen LogP contribution is 2.34. The Balaban J connectivity index is 1.97. The zero-order valence-electron chi connectivity index (χ0n) is 11.4. The molecule has 4 heteroatoms. The number of rotatable bonds is 5. The Morgan fingerprint density at radius 1 is 1.05 bits per heavy atom. The van der Waals surface area contributed by atoms with Crippen LogP contribution in [0, 0.1) is 0 Å². The zero-order valence-corrected chi connectivity index (χ0v) is 12.2. The van der Waals surface area contributed by atoms with E-state index in [-0.39, 0.29) is 6.54 Å². The molecule has 2 N–H and O–H groups in total. The normalized spacial score (nSPS) is 14.0. The van der Waals surface area contributed by atoms with E-state index < -0.39 is 12.3 Å². The molecule has 0 aliphatic carbocycles. The van der Waals surface area contributed by atoms with Gasteiger partial charge in [0.05, 0.1) is 0 Å². The summed E-state index contributed by atoms with van der Waals surface area (Å²) < 4.78 is 21.4. The third kappa shape index (κ3) is 2.91. The maximum Gasteiger partial charge on any atom is 0.156 e. The second-order valence-electron chi connectivity index (χ2n) is 4.79. The van der Waals surface area contributed by atoms with Gasteiger partial charge in [-0.1, -0.05) is 36.4 Å². The number of nitrogens with two attached hydrogens (primary N) is 1. The lowest BCUT2D eigenvalue weighted by atomic mass is 10.0. The van der Waals surface area contributed by atoms with Crippen molar-refractivity contribution in [3.05, 3.63) is 65.5 Å². The Hall–Kier alpha value is -1.91. The Morgan fingerprint density at radius 2 is 1.86 bits per heavy atom. The van der Waals surface area contributed by atoms with Crippen molar-refractivity contribution in [3.63, 3.8) is 0 Å². The van der Waals surface area contributed by atoms with Gasteiger partial charge in [0.25, 0.3) is 0 Å². The number of thiophene rings is 1. The minimum atomic E-state index is -1.25. The van der Waals surface area contributed by atoms with Gasteiger partial charge < -0.3 is 10.5 Å². The highest BCUT2D eigenvalue weighted by atomic mass is 32.1. The van der Waals surface area contributed by atoms with Gasteiger partial charge in [-0.2, -0.15) is 0 Å². The van der Waals surface area contributed by atoms with Crippen LogP contribution in [0.1, 0.15) is 11.7 Å². The second kappa shape index (κ2) is 6.24. The van der Waals surface area contributed by atoms with Crippen LogP contribution in [-0.2, 0) is 0 Å². The number of hydrogen-bond acceptors (Lipinski definition) is 3.